The number of rotatable bonds is 3. The van der Waals surface area contributed by atoms with Crippen LogP contribution in [0.2, 0.25) is 0 Å². The first-order chi connectivity index (χ1) is 8.62. The van der Waals surface area contributed by atoms with Crippen LogP contribution in [-0.4, -0.2) is 24.2 Å². The Morgan fingerprint density at radius 2 is 1.72 bits per heavy atom. The van der Waals surface area contributed by atoms with Crippen LogP contribution in [0.3, 0.4) is 0 Å². The number of hydrogen-bond acceptors (Lipinski definition) is 4. The van der Waals surface area contributed by atoms with Gasteiger partial charge in [0.05, 0.1) is 25.3 Å². The summed E-state index contributed by atoms with van der Waals surface area (Å²) in [6.07, 6.45) is 0. The molecular formula is C13H15BrN2O2. The lowest BCUT2D eigenvalue weighted by molar-refractivity contribution is 0.334. The molecule has 0 aliphatic heterocycles. The highest BCUT2D eigenvalue weighted by Gasteiger charge is 2.14. The van der Waals surface area contributed by atoms with Gasteiger partial charge in [-0.05, 0) is 36.6 Å². The molecule has 18 heavy (non-hydrogen) atoms. The van der Waals surface area contributed by atoms with Crippen molar-refractivity contribution in [2.24, 2.45) is 0 Å². The molecule has 0 saturated heterocycles. The summed E-state index contributed by atoms with van der Waals surface area (Å²) >= 11 is 3.51. The number of hydrogen-bond donors (Lipinski definition) is 0. The van der Waals surface area contributed by atoms with E-state index in [1.807, 2.05) is 6.07 Å². The van der Waals surface area contributed by atoms with Crippen LogP contribution in [-0.2, 0) is 5.33 Å². The van der Waals surface area contributed by atoms with Crippen molar-refractivity contribution in [3.05, 3.63) is 22.8 Å². The molecule has 0 amide bonds. The molecule has 1 heterocycles. The highest BCUT2D eigenvalue weighted by molar-refractivity contribution is 9.08. The van der Waals surface area contributed by atoms with Crippen LogP contribution in [0.25, 0.3) is 11.0 Å². The van der Waals surface area contributed by atoms with Gasteiger partial charge in [0.1, 0.15) is 0 Å². The van der Waals surface area contributed by atoms with E-state index in [0.29, 0.717) is 11.8 Å². The molecular weight excluding hydrogens is 296 g/mol. The molecule has 96 valence electrons. The predicted octanol–water partition coefficient (Wildman–Crippen LogP) is 3.16. The Morgan fingerprint density at radius 3 is 2.28 bits per heavy atom. The monoisotopic (exact) mass is 310 g/mol. The standard InChI is InChI=1S/C13H15BrN2O2/c1-7-5-10-11(9(6-14)8(7)2)16-13(18-4)12(15-10)17-3/h5H,6H2,1-4H3. The van der Waals surface area contributed by atoms with Crippen LogP contribution in [0.4, 0.5) is 0 Å². The minimum absolute atomic E-state index is 0.411. The van der Waals surface area contributed by atoms with Crippen molar-refractivity contribution in [2.75, 3.05) is 14.2 Å². The lowest BCUT2D eigenvalue weighted by Crippen LogP contribution is -2.01. The van der Waals surface area contributed by atoms with E-state index < -0.39 is 0 Å². The average molecular weight is 311 g/mol. The molecule has 5 heteroatoms. The van der Waals surface area contributed by atoms with Gasteiger partial charge in [-0.3, -0.25) is 0 Å². The maximum atomic E-state index is 5.20. The molecule has 0 aliphatic carbocycles. The van der Waals surface area contributed by atoms with Crippen LogP contribution in [0.5, 0.6) is 11.8 Å². The number of methoxy groups -OCH3 is 2. The van der Waals surface area contributed by atoms with Crippen LogP contribution in [0.1, 0.15) is 16.7 Å². The highest BCUT2D eigenvalue weighted by atomic mass is 79.9. The zero-order valence-electron chi connectivity index (χ0n) is 10.9. The Kier molecular flexibility index (Phi) is 3.71. The van der Waals surface area contributed by atoms with Crippen molar-refractivity contribution in [1.82, 2.24) is 9.97 Å². The molecule has 0 spiro atoms. The second-order valence-corrected chi connectivity index (χ2v) is 4.60. The van der Waals surface area contributed by atoms with E-state index in [2.05, 4.69) is 39.7 Å². The fraction of sp³-hybridized carbons (Fsp3) is 0.385. The topological polar surface area (TPSA) is 44.2 Å². The number of benzene rings is 1. The van der Waals surface area contributed by atoms with E-state index in [1.54, 1.807) is 14.2 Å². The number of aromatic nitrogens is 2. The van der Waals surface area contributed by atoms with Gasteiger partial charge in [-0.25, -0.2) is 9.97 Å². The lowest BCUT2D eigenvalue weighted by Gasteiger charge is -2.12. The zero-order valence-corrected chi connectivity index (χ0v) is 12.5. The quantitative estimate of drug-likeness (QED) is 0.817. The molecule has 0 unspecified atom stereocenters. The first kappa shape index (κ1) is 13.1. The Balaban J connectivity index is 2.84. The van der Waals surface area contributed by atoms with Gasteiger partial charge >= 0.3 is 0 Å². The fourth-order valence-corrected chi connectivity index (χ4v) is 2.58. The molecule has 2 rings (SSSR count). The summed E-state index contributed by atoms with van der Waals surface area (Å²) in [6, 6.07) is 2.02. The Hall–Kier alpha value is -1.36. The van der Waals surface area contributed by atoms with Crippen LogP contribution < -0.4 is 9.47 Å². The molecule has 0 saturated carbocycles. The van der Waals surface area contributed by atoms with Gasteiger partial charge in [-0.15, -0.1) is 0 Å². The van der Waals surface area contributed by atoms with Crippen molar-refractivity contribution < 1.29 is 9.47 Å². The average Bonchev–Trinajstić information content (AvgIpc) is 2.39. The van der Waals surface area contributed by atoms with Gasteiger partial charge in [0.15, 0.2) is 0 Å². The number of alkyl halides is 1. The molecule has 4 nitrogen and oxygen atoms in total. The fourth-order valence-electron chi connectivity index (χ4n) is 1.90. The van der Waals surface area contributed by atoms with E-state index in [1.165, 1.54) is 11.1 Å². The Labute approximate surface area is 114 Å². The van der Waals surface area contributed by atoms with Gasteiger partial charge in [0.25, 0.3) is 11.8 Å². The summed E-state index contributed by atoms with van der Waals surface area (Å²) in [7, 11) is 3.12. The number of ether oxygens (including phenoxy) is 2. The van der Waals surface area contributed by atoms with Crippen molar-refractivity contribution in [2.45, 2.75) is 19.2 Å². The number of aryl methyl sites for hydroxylation is 1. The Morgan fingerprint density at radius 1 is 1.11 bits per heavy atom. The molecule has 0 bridgehead atoms. The molecule has 0 aliphatic rings. The molecule has 1 aromatic heterocycles. The minimum atomic E-state index is 0.411. The van der Waals surface area contributed by atoms with E-state index in [-0.39, 0.29) is 0 Å². The predicted molar refractivity (Wildman–Crippen MR) is 74.7 cm³/mol. The molecule has 0 atom stereocenters. The van der Waals surface area contributed by atoms with Gasteiger partial charge < -0.3 is 9.47 Å². The largest absolute Gasteiger partial charge is 0.477 e. The number of fused-ring (bicyclic) bond motifs is 1. The summed E-state index contributed by atoms with van der Waals surface area (Å²) in [4.78, 5) is 8.94. The van der Waals surface area contributed by atoms with Crippen molar-refractivity contribution in [1.29, 1.82) is 0 Å². The summed E-state index contributed by atoms with van der Waals surface area (Å²) in [5.41, 5.74) is 5.23. The second kappa shape index (κ2) is 5.10. The maximum absolute atomic E-state index is 5.20. The van der Waals surface area contributed by atoms with Gasteiger partial charge in [-0.1, -0.05) is 15.9 Å². The van der Waals surface area contributed by atoms with E-state index in [9.17, 15) is 0 Å². The zero-order chi connectivity index (χ0) is 13.3. The third kappa shape index (κ3) is 2.03. The SMILES string of the molecule is COc1nc2cc(C)c(C)c(CBr)c2nc1OC. The van der Waals surface area contributed by atoms with Crippen molar-refractivity contribution >= 4 is 27.0 Å². The summed E-state index contributed by atoms with van der Waals surface area (Å²) < 4.78 is 10.4. The van der Waals surface area contributed by atoms with Crippen LogP contribution in [0, 0.1) is 13.8 Å². The molecule has 1 aromatic carbocycles. The van der Waals surface area contributed by atoms with Crippen molar-refractivity contribution in [3.8, 4) is 11.8 Å². The van der Waals surface area contributed by atoms with Crippen molar-refractivity contribution in [3.63, 3.8) is 0 Å². The summed E-state index contributed by atoms with van der Waals surface area (Å²) in [5, 5.41) is 0.737. The first-order valence-electron chi connectivity index (χ1n) is 5.57. The molecule has 2 aromatic rings. The lowest BCUT2D eigenvalue weighted by atomic mass is 10.0. The third-order valence-corrected chi connectivity index (χ3v) is 3.63. The minimum Gasteiger partial charge on any atom is -0.477 e. The van der Waals surface area contributed by atoms with E-state index in [0.717, 1.165) is 21.9 Å². The summed E-state index contributed by atoms with van der Waals surface area (Å²) in [6.45, 7) is 4.16. The van der Waals surface area contributed by atoms with Crippen LogP contribution >= 0.6 is 15.9 Å². The molecule has 0 radical (unpaired) electrons. The first-order valence-corrected chi connectivity index (χ1v) is 6.69. The van der Waals surface area contributed by atoms with Gasteiger partial charge in [0.2, 0.25) is 0 Å². The normalized spacial score (nSPS) is 10.7. The third-order valence-electron chi connectivity index (χ3n) is 3.06. The smallest absolute Gasteiger partial charge is 0.278 e. The molecule has 0 N–H and O–H groups in total. The van der Waals surface area contributed by atoms with Gasteiger partial charge in [0, 0.05) is 5.33 Å². The second-order valence-electron chi connectivity index (χ2n) is 4.04. The van der Waals surface area contributed by atoms with E-state index >= 15 is 0 Å². The maximum Gasteiger partial charge on any atom is 0.278 e. The number of halogens is 1. The molecule has 0 fully saturated rings. The van der Waals surface area contributed by atoms with E-state index in [4.69, 9.17) is 9.47 Å². The van der Waals surface area contributed by atoms with Crippen LogP contribution in [0.15, 0.2) is 6.07 Å². The summed E-state index contributed by atoms with van der Waals surface area (Å²) in [5.74, 6) is 0.823. The van der Waals surface area contributed by atoms with Gasteiger partial charge in [-0.2, -0.15) is 0 Å². The number of nitrogens with zero attached hydrogens (tertiary/aromatic N) is 2. The highest BCUT2D eigenvalue weighted by Crippen LogP contribution is 2.30. The Bertz CT molecular complexity index is 599.